The van der Waals surface area contributed by atoms with Crippen LogP contribution in [0.2, 0.25) is 0 Å². The van der Waals surface area contributed by atoms with E-state index in [0.717, 1.165) is 40.1 Å². The lowest BCUT2D eigenvalue weighted by Gasteiger charge is -2.08. The van der Waals surface area contributed by atoms with Crippen molar-refractivity contribution in [3.63, 3.8) is 0 Å². The fraction of sp³-hybridized carbons (Fsp3) is 0.130. The fourth-order valence-corrected chi connectivity index (χ4v) is 3.22. The van der Waals surface area contributed by atoms with Gasteiger partial charge in [-0.05, 0) is 53.9 Å². The molecule has 0 fully saturated rings. The molecule has 1 N–H and O–H groups in total. The normalized spacial score (nSPS) is 10.9. The quantitative estimate of drug-likeness (QED) is 0.499. The SMILES string of the molecule is CCCC(=O)Nc1cccc(-c2cnc3cc(-c4ccc(F)cc4)ccn23)c1. The largest absolute Gasteiger partial charge is 0.326 e. The van der Waals surface area contributed by atoms with Gasteiger partial charge in [-0.3, -0.25) is 9.20 Å². The van der Waals surface area contributed by atoms with Gasteiger partial charge >= 0.3 is 0 Å². The second-order valence-corrected chi connectivity index (χ2v) is 6.67. The van der Waals surface area contributed by atoms with Gasteiger partial charge in [-0.25, -0.2) is 9.37 Å². The van der Waals surface area contributed by atoms with Crippen molar-refractivity contribution < 1.29 is 9.18 Å². The number of imidazole rings is 1. The van der Waals surface area contributed by atoms with Crippen molar-refractivity contribution in [1.29, 1.82) is 0 Å². The van der Waals surface area contributed by atoms with Crippen LogP contribution >= 0.6 is 0 Å². The Bertz CT molecular complexity index is 1130. The summed E-state index contributed by atoms with van der Waals surface area (Å²) in [4.78, 5) is 16.4. The molecule has 0 saturated carbocycles. The number of fused-ring (bicyclic) bond motifs is 1. The number of rotatable bonds is 5. The summed E-state index contributed by atoms with van der Waals surface area (Å²) in [5.74, 6) is -0.236. The first-order valence-corrected chi connectivity index (χ1v) is 9.27. The van der Waals surface area contributed by atoms with Gasteiger partial charge in [0.2, 0.25) is 5.91 Å². The van der Waals surface area contributed by atoms with Crippen LogP contribution in [0.25, 0.3) is 28.0 Å². The van der Waals surface area contributed by atoms with E-state index in [0.29, 0.717) is 6.42 Å². The van der Waals surface area contributed by atoms with Crippen LogP contribution in [0, 0.1) is 5.82 Å². The number of anilines is 1. The van der Waals surface area contributed by atoms with Crippen LogP contribution in [-0.2, 0) is 4.79 Å². The van der Waals surface area contributed by atoms with E-state index in [1.165, 1.54) is 12.1 Å². The molecule has 1 amide bonds. The first-order chi connectivity index (χ1) is 13.6. The third-order valence-corrected chi connectivity index (χ3v) is 4.61. The van der Waals surface area contributed by atoms with Crippen LogP contribution in [0.15, 0.2) is 73.1 Å². The lowest BCUT2D eigenvalue weighted by molar-refractivity contribution is -0.116. The Morgan fingerprint density at radius 1 is 1.04 bits per heavy atom. The maximum absolute atomic E-state index is 13.2. The van der Waals surface area contributed by atoms with Gasteiger partial charge in [-0.15, -0.1) is 0 Å². The monoisotopic (exact) mass is 373 g/mol. The minimum atomic E-state index is -0.251. The first kappa shape index (κ1) is 17.9. The van der Waals surface area contributed by atoms with Gasteiger partial charge in [0, 0.05) is 23.9 Å². The number of carbonyl (C=O) groups excluding carboxylic acids is 1. The molecule has 0 unspecified atom stereocenters. The summed E-state index contributed by atoms with van der Waals surface area (Å²) in [5, 5.41) is 2.93. The maximum atomic E-state index is 13.2. The summed E-state index contributed by atoms with van der Waals surface area (Å²) in [7, 11) is 0. The third-order valence-electron chi connectivity index (χ3n) is 4.61. The van der Waals surface area contributed by atoms with Gasteiger partial charge in [-0.2, -0.15) is 0 Å². The van der Waals surface area contributed by atoms with Crippen molar-refractivity contribution in [1.82, 2.24) is 9.38 Å². The molecule has 2 aromatic carbocycles. The van der Waals surface area contributed by atoms with Crippen LogP contribution in [0.3, 0.4) is 0 Å². The van der Waals surface area contributed by atoms with E-state index in [1.807, 2.05) is 60.1 Å². The van der Waals surface area contributed by atoms with Crippen molar-refractivity contribution >= 4 is 17.2 Å². The Labute approximate surface area is 162 Å². The van der Waals surface area contributed by atoms with Crippen molar-refractivity contribution in [2.24, 2.45) is 0 Å². The van der Waals surface area contributed by atoms with E-state index in [4.69, 9.17) is 0 Å². The number of benzene rings is 2. The van der Waals surface area contributed by atoms with Gasteiger partial charge in [-0.1, -0.05) is 31.2 Å². The van der Waals surface area contributed by atoms with E-state index in [9.17, 15) is 9.18 Å². The highest BCUT2D eigenvalue weighted by atomic mass is 19.1. The highest BCUT2D eigenvalue weighted by Gasteiger charge is 2.09. The van der Waals surface area contributed by atoms with E-state index < -0.39 is 0 Å². The summed E-state index contributed by atoms with van der Waals surface area (Å²) < 4.78 is 15.2. The Kier molecular flexibility index (Phi) is 4.89. The highest BCUT2D eigenvalue weighted by molar-refractivity contribution is 5.91. The zero-order chi connectivity index (χ0) is 19.5. The average Bonchev–Trinajstić information content (AvgIpc) is 3.12. The van der Waals surface area contributed by atoms with Crippen LogP contribution in [0.1, 0.15) is 19.8 Å². The lowest BCUT2D eigenvalue weighted by atomic mass is 10.1. The minimum Gasteiger partial charge on any atom is -0.326 e. The van der Waals surface area contributed by atoms with E-state index >= 15 is 0 Å². The second kappa shape index (κ2) is 7.64. The summed E-state index contributed by atoms with van der Waals surface area (Å²) in [6.07, 6.45) is 5.09. The molecule has 0 aliphatic heterocycles. The summed E-state index contributed by atoms with van der Waals surface area (Å²) >= 11 is 0. The standard InChI is InChI=1S/C23H20FN3O/c1-2-4-23(28)26-20-6-3-5-18(13-20)21-15-25-22-14-17(11-12-27(21)22)16-7-9-19(24)10-8-16/h3,5-15H,2,4H2,1H3,(H,26,28). The third kappa shape index (κ3) is 3.64. The van der Waals surface area contributed by atoms with Crippen molar-refractivity contribution in [2.75, 3.05) is 5.32 Å². The minimum absolute atomic E-state index is 0.0155. The molecule has 2 aromatic heterocycles. The number of pyridine rings is 1. The molecule has 5 heteroatoms. The van der Waals surface area contributed by atoms with Crippen molar-refractivity contribution in [2.45, 2.75) is 19.8 Å². The predicted octanol–water partition coefficient (Wildman–Crippen LogP) is 5.55. The first-order valence-electron chi connectivity index (χ1n) is 9.27. The average molecular weight is 373 g/mol. The van der Waals surface area contributed by atoms with Gasteiger partial charge < -0.3 is 5.32 Å². The molecular weight excluding hydrogens is 353 g/mol. The van der Waals surface area contributed by atoms with Crippen LogP contribution in [0.5, 0.6) is 0 Å². The molecule has 0 aliphatic carbocycles. The van der Waals surface area contributed by atoms with Gasteiger partial charge in [0.25, 0.3) is 0 Å². The number of carbonyl (C=O) groups is 1. The number of hydrogen-bond donors (Lipinski definition) is 1. The highest BCUT2D eigenvalue weighted by Crippen LogP contribution is 2.27. The molecule has 140 valence electrons. The molecular formula is C23H20FN3O. The van der Waals surface area contributed by atoms with Crippen molar-refractivity contribution in [3.05, 3.63) is 78.9 Å². The number of aromatic nitrogens is 2. The second-order valence-electron chi connectivity index (χ2n) is 6.67. The number of halogens is 1. The van der Waals surface area contributed by atoms with E-state index in [-0.39, 0.29) is 11.7 Å². The van der Waals surface area contributed by atoms with Gasteiger partial charge in [0.05, 0.1) is 11.9 Å². The van der Waals surface area contributed by atoms with Gasteiger partial charge in [0.1, 0.15) is 11.5 Å². The number of amides is 1. The molecule has 0 radical (unpaired) electrons. The molecule has 0 saturated heterocycles. The molecule has 2 heterocycles. The summed E-state index contributed by atoms with van der Waals surface area (Å²) in [5.41, 5.74) is 5.40. The van der Waals surface area contributed by atoms with E-state index in [1.54, 1.807) is 12.1 Å². The smallest absolute Gasteiger partial charge is 0.224 e. The Morgan fingerprint density at radius 3 is 2.64 bits per heavy atom. The number of hydrogen-bond acceptors (Lipinski definition) is 2. The molecule has 0 aliphatic rings. The van der Waals surface area contributed by atoms with Crippen LogP contribution < -0.4 is 5.32 Å². The summed E-state index contributed by atoms with van der Waals surface area (Å²) in [6.45, 7) is 1.98. The predicted molar refractivity (Wildman–Crippen MR) is 110 cm³/mol. The molecule has 0 bridgehead atoms. The molecule has 4 rings (SSSR count). The Balaban J connectivity index is 1.66. The number of nitrogens with zero attached hydrogens (tertiary/aromatic N) is 2. The van der Waals surface area contributed by atoms with Crippen LogP contribution in [0.4, 0.5) is 10.1 Å². The molecule has 4 nitrogen and oxygen atoms in total. The molecule has 0 spiro atoms. The van der Waals surface area contributed by atoms with Gasteiger partial charge in [0.15, 0.2) is 0 Å². The lowest BCUT2D eigenvalue weighted by Crippen LogP contribution is -2.10. The maximum Gasteiger partial charge on any atom is 0.224 e. The fourth-order valence-electron chi connectivity index (χ4n) is 3.22. The Morgan fingerprint density at radius 2 is 1.86 bits per heavy atom. The van der Waals surface area contributed by atoms with Crippen LogP contribution in [-0.4, -0.2) is 15.3 Å². The zero-order valence-electron chi connectivity index (χ0n) is 15.5. The molecule has 4 aromatic rings. The van der Waals surface area contributed by atoms with E-state index in [2.05, 4.69) is 10.3 Å². The molecule has 0 atom stereocenters. The molecule has 28 heavy (non-hydrogen) atoms. The summed E-state index contributed by atoms with van der Waals surface area (Å²) in [6, 6.07) is 18.1. The topological polar surface area (TPSA) is 46.4 Å². The zero-order valence-corrected chi connectivity index (χ0v) is 15.5. The van der Waals surface area contributed by atoms with Crippen molar-refractivity contribution in [3.8, 4) is 22.4 Å². The number of nitrogens with one attached hydrogen (secondary N) is 1. The Hall–Kier alpha value is -3.47.